The van der Waals surface area contributed by atoms with Crippen LogP contribution < -0.4 is 0 Å². The molecule has 0 spiro atoms. The molecular weight excluding hydrogens is 372 g/mol. The zero-order chi connectivity index (χ0) is 21.1. The summed E-state index contributed by atoms with van der Waals surface area (Å²) in [5, 5.41) is 18.9. The van der Waals surface area contributed by atoms with Crippen LogP contribution in [0.2, 0.25) is 0 Å². The summed E-state index contributed by atoms with van der Waals surface area (Å²) in [5.74, 6) is -0.453. The Morgan fingerprint density at radius 3 is 2.23 bits per heavy atom. The lowest BCUT2D eigenvalue weighted by molar-refractivity contribution is 0.0473. The van der Waals surface area contributed by atoms with E-state index in [2.05, 4.69) is 6.58 Å². The smallest absolute Gasteiger partial charge is 0.339 e. The third-order valence-corrected chi connectivity index (χ3v) is 5.08. The van der Waals surface area contributed by atoms with E-state index in [4.69, 9.17) is 4.74 Å². The maximum Gasteiger partial charge on any atom is 0.339 e. The number of nitriles is 2. The van der Waals surface area contributed by atoms with Crippen LogP contribution in [0.25, 0.3) is 22.8 Å². The summed E-state index contributed by atoms with van der Waals surface area (Å²) in [5.41, 5.74) is 5.82. The predicted octanol–water partition coefficient (Wildman–Crippen LogP) is 5.52. The molecule has 3 aromatic carbocycles. The van der Waals surface area contributed by atoms with Crippen molar-refractivity contribution in [1.29, 1.82) is 10.5 Å². The van der Waals surface area contributed by atoms with Gasteiger partial charge in [-0.3, -0.25) is 0 Å². The first kappa shape index (κ1) is 18.9. The van der Waals surface area contributed by atoms with E-state index in [0.717, 1.165) is 22.3 Å². The molecule has 1 aliphatic rings. The van der Waals surface area contributed by atoms with Crippen LogP contribution >= 0.6 is 0 Å². The summed E-state index contributed by atoms with van der Waals surface area (Å²) in [7, 11) is 0. The van der Waals surface area contributed by atoms with Crippen molar-refractivity contribution in [2.75, 3.05) is 0 Å². The Bertz CT molecular complexity index is 1270. The van der Waals surface area contributed by atoms with Gasteiger partial charge in [-0.05, 0) is 33.9 Å². The second kappa shape index (κ2) is 7.91. The fourth-order valence-electron chi connectivity index (χ4n) is 3.67. The van der Waals surface area contributed by atoms with Gasteiger partial charge < -0.3 is 4.74 Å². The highest BCUT2D eigenvalue weighted by atomic mass is 16.5. The van der Waals surface area contributed by atoms with Crippen LogP contribution in [-0.4, -0.2) is 5.97 Å². The zero-order valence-electron chi connectivity index (χ0n) is 16.1. The molecule has 0 unspecified atom stereocenters. The number of hydrogen-bond acceptors (Lipinski definition) is 4. The van der Waals surface area contributed by atoms with Crippen molar-refractivity contribution in [1.82, 2.24) is 0 Å². The van der Waals surface area contributed by atoms with Gasteiger partial charge in [0.15, 0.2) is 0 Å². The van der Waals surface area contributed by atoms with Crippen LogP contribution in [0.1, 0.15) is 32.6 Å². The molecule has 0 aliphatic heterocycles. The van der Waals surface area contributed by atoms with Crippen molar-refractivity contribution in [3.8, 4) is 23.3 Å². The molecule has 0 atom stereocenters. The van der Waals surface area contributed by atoms with Crippen molar-refractivity contribution >= 4 is 17.6 Å². The standard InChI is InChI=1S/C26H16N2O2/c1-2-17-10-12-18(13-11-17)16-30-26(29)23-9-5-8-22-24(19(14-27)15-28)20-6-3-4-7-21(20)25(22)23/h2-13H,1,16H2. The molecule has 3 aromatic rings. The van der Waals surface area contributed by atoms with Crippen molar-refractivity contribution in [3.63, 3.8) is 0 Å². The minimum Gasteiger partial charge on any atom is -0.457 e. The molecule has 30 heavy (non-hydrogen) atoms. The lowest BCUT2D eigenvalue weighted by atomic mass is 9.97. The van der Waals surface area contributed by atoms with Gasteiger partial charge in [0.25, 0.3) is 0 Å². The Balaban J connectivity index is 1.74. The Kier molecular flexibility index (Phi) is 4.99. The van der Waals surface area contributed by atoms with E-state index in [9.17, 15) is 15.3 Å². The summed E-state index contributed by atoms with van der Waals surface area (Å²) in [6, 6.07) is 24.3. The zero-order valence-corrected chi connectivity index (χ0v) is 16.1. The summed E-state index contributed by atoms with van der Waals surface area (Å²) in [6.07, 6.45) is 1.75. The highest BCUT2D eigenvalue weighted by molar-refractivity contribution is 6.10. The first-order valence-electron chi connectivity index (χ1n) is 9.34. The fraction of sp³-hybridized carbons (Fsp3) is 0.0385. The number of nitrogens with zero attached hydrogens (tertiary/aromatic N) is 2. The number of benzene rings is 3. The molecule has 4 heteroatoms. The fourth-order valence-corrected chi connectivity index (χ4v) is 3.67. The maximum atomic E-state index is 12.9. The molecule has 142 valence electrons. The minimum atomic E-state index is -0.453. The van der Waals surface area contributed by atoms with Crippen molar-refractivity contribution in [2.24, 2.45) is 0 Å². The second-order valence-electron chi connectivity index (χ2n) is 6.77. The number of fused-ring (bicyclic) bond motifs is 3. The van der Waals surface area contributed by atoms with Gasteiger partial charge in [-0.25, -0.2) is 4.79 Å². The monoisotopic (exact) mass is 388 g/mol. The van der Waals surface area contributed by atoms with Gasteiger partial charge in [-0.1, -0.05) is 73.3 Å². The van der Waals surface area contributed by atoms with E-state index < -0.39 is 5.97 Å². The molecule has 0 bridgehead atoms. The van der Waals surface area contributed by atoms with Gasteiger partial charge in [0, 0.05) is 11.1 Å². The summed E-state index contributed by atoms with van der Waals surface area (Å²) in [4.78, 5) is 12.9. The van der Waals surface area contributed by atoms with E-state index in [1.54, 1.807) is 18.2 Å². The number of carbonyl (C=O) groups excluding carboxylic acids is 1. The van der Waals surface area contributed by atoms with Gasteiger partial charge >= 0.3 is 5.97 Å². The minimum absolute atomic E-state index is 0.0222. The van der Waals surface area contributed by atoms with E-state index in [1.165, 1.54) is 0 Å². The van der Waals surface area contributed by atoms with Crippen molar-refractivity contribution in [2.45, 2.75) is 6.61 Å². The third-order valence-electron chi connectivity index (χ3n) is 5.08. The molecule has 0 amide bonds. The molecule has 1 aliphatic carbocycles. The predicted molar refractivity (Wildman–Crippen MR) is 115 cm³/mol. The average Bonchev–Trinajstić information content (AvgIpc) is 3.13. The molecule has 0 fully saturated rings. The topological polar surface area (TPSA) is 73.9 Å². The van der Waals surface area contributed by atoms with Crippen LogP contribution in [0.5, 0.6) is 0 Å². The van der Waals surface area contributed by atoms with Gasteiger partial charge in [0.1, 0.15) is 24.3 Å². The molecule has 4 rings (SSSR count). The Morgan fingerprint density at radius 1 is 0.900 bits per heavy atom. The van der Waals surface area contributed by atoms with Gasteiger partial charge in [-0.15, -0.1) is 0 Å². The van der Waals surface area contributed by atoms with Crippen LogP contribution in [0.15, 0.2) is 78.9 Å². The summed E-state index contributed by atoms with van der Waals surface area (Å²) < 4.78 is 5.57. The van der Waals surface area contributed by atoms with Gasteiger partial charge in [0.05, 0.1) is 5.56 Å². The van der Waals surface area contributed by atoms with Crippen LogP contribution in [0.4, 0.5) is 0 Å². The van der Waals surface area contributed by atoms with Gasteiger partial charge in [-0.2, -0.15) is 10.5 Å². The highest BCUT2D eigenvalue weighted by Crippen LogP contribution is 2.47. The molecule has 0 N–H and O–H groups in total. The van der Waals surface area contributed by atoms with Gasteiger partial charge in [0.2, 0.25) is 0 Å². The molecular formula is C26H16N2O2. The number of hydrogen-bond donors (Lipinski definition) is 0. The molecule has 0 aromatic heterocycles. The summed E-state index contributed by atoms with van der Waals surface area (Å²) >= 11 is 0. The number of allylic oxidation sites excluding steroid dienone is 1. The Hall–Kier alpha value is -4.41. The highest BCUT2D eigenvalue weighted by Gasteiger charge is 2.30. The van der Waals surface area contributed by atoms with Crippen LogP contribution in [0.3, 0.4) is 0 Å². The van der Waals surface area contributed by atoms with Crippen LogP contribution in [0, 0.1) is 22.7 Å². The molecule has 4 nitrogen and oxygen atoms in total. The maximum absolute atomic E-state index is 12.9. The normalized spacial score (nSPS) is 10.9. The number of esters is 1. The average molecular weight is 388 g/mol. The van der Waals surface area contributed by atoms with E-state index in [0.29, 0.717) is 22.3 Å². The summed E-state index contributed by atoms with van der Waals surface area (Å²) in [6.45, 7) is 3.87. The number of carbonyl (C=O) groups is 1. The lowest BCUT2D eigenvalue weighted by Gasteiger charge is -2.10. The largest absolute Gasteiger partial charge is 0.457 e. The SMILES string of the molecule is C=Cc1ccc(COC(=O)c2cccc3c2-c2ccccc2C3=C(C#N)C#N)cc1. The molecule has 0 saturated carbocycles. The van der Waals surface area contributed by atoms with Crippen molar-refractivity contribution in [3.05, 3.63) is 107 Å². The van der Waals surface area contributed by atoms with Crippen molar-refractivity contribution < 1.29 is 9.53 Å². The molecule has 0 saturated heterocycles. The molecule has 0 radical (unpaired) electrons. The van der Waals surface area contributed by atoms with Crippen LogP contribution in [-0.2, 0) is 11.3 Å². The lowest BCUT2D eigenvalue weighted by Crippen LogP contribution is -2.07. The van der Waals surface area contributed by atoms with E-state index in [-0.39, 0.29) is 12.2 Å². The Morgan fingerprint density at radius 2 is 1.57 bits per heavy atom. The third kappa shape index (κ3) is 3.17. The first-order valence-corrected chi connectivity index (χ1v) is 9.34. The molecule has 0 heterocycles. The van der Waals surface area contributed by atoms with E-state index >= 15 is 0 Å². The quantitative estimate of drug-likeness (QED) is 0.341. The Labute approximate surface area is 174 Å². The second-order valence-corrected chi connectivity index (χ2v) is 6.77. The number of ether oxygens (including phenoxy) is 1. The van der Waals surface area contributed by atoms with E-state index in [1.807, 2.05) is 66.7 Å². The first-order chi connectivity index (χ1) is 14.7. The number of rotatable bonds is 4.